The van der Waals surface area contributed by atoms with Crippen molar-refractivity contribution in [3.05, 3.63) is 103 Å². The number of imide groups is 1. The quantitative estimate of drug-likeness (QED) is 0.120. The number of aliphatic hydroxyl groups is 2. The van der Waals surface area contributed by atoms with Crippen molar-refractivity contribution in [3.8, 4) is 17.0 Å². The summed E-state index contributed by atoms with van der Waals surface area (Å²) in [6.07, 6.45) is -1.00. The molecule has 3 aromatic carbocycles. The van der Waals surface area contributed by atoms with Crippen LogP contribution in [0.1, 0.15) is 41.9 Å². The van der Waals surface area contributed by atoms with Gasteiger partial charge in [-0.3, -0.25) is 9.69 Å². The normalized spacial score (nSPS) is 17.2. The van der Waals surface area contributed by atoms with E-state index < -0.39 is 36.7 Å². The van der Waals surface area contributed by atoms with E-state index in [-0.39, 0.29) is 17.7 Å². The standard InChI is InChI=1S/C30H27Cl2IN4O5/c1-16(17-5-3-2-4-6-17)26(28-34-25(27(32)36-28)22-12-9-19(33)13-23(22)31)37-29(40)24(35-30(37)41)18-7-10-21(11-8-18)42-15-20(39)14-38/h2-13,16,20,24,26,38-39H,14-15H2,1H3,(H,34,36)(H,35,41)/t16-,20-,24+,26-/m0/s1. The highest BCUT2D eigenvalue weighted by Crippen LogP contribution is 2.41. The topological polar surface area (TPSA) is 128 Å². The number of aromatic amines is 1. The first kappa shape index (κ1) is 30.3. The van der Waals surface area contributed by atoms with Crippen LogP contribution in [0.4, 0.5) is 4.79 Å². The number of hydrogen-bond donors (Lipinski definition) is 4. The van der Waals surface area contributed by atoms with Crippen LogP contribution < -0.4 is 10.1 Å². The smallest absolute Gasteiger partial charge is 0.325 e. The second kappa shape index (κ2) is 13.0. The SMILES string of the molecule is C[C@@H](c1ccccc1)[C@@H](c1nc(-c2ccc(I)cc2Cl)c(Cl)[nH]1)N1C(=O)N[C@H](c2ccc(OC[C@@H](O)CO)cc2)C1=O. The fourth-order valence-corrected chi connectivity index (χ4v) is 6.06. The van der Waals surface area contributed by atoms with E-state index in [1.807, 2.05) is 49.4 Å². The zero-order valence-electron chi connectivity index (χ0n) is 22.3. The third-order valence-electron chi connectivity index (χ3n) is 7.06. The Balaban J connectivity index is 1.49. The van der Waals surface area contributed by atoms with Gasteiger partial charge in [0.15, 0.2) is 0 Å². The summed E-state index contributed by atoms with van der Waals surface area (Å²) in [5, 5.41) is 22.0. The molecule has 3 amide bonds. The summed E-state index contributed by atoms with van der Waals surface area (Å²) in [6.45, 7) is 1.43. The van der Waals surface area contributed by atoms with Crippen molar-refractivity contribution in [2.45, 2.75) is 31.0 Å². The van der Waals surface area contributed by atoms with E-state index in [2.05, 4.69) is 32.9 Å². The highest BCUT2D eigenvalue weighted by Gasteiger charge is 2.46. The molecule has 4 N–H and O–H groups in total. The van der Waals surface area contributed by atoms with Crippen LogP contribution in [-0.2, 0) is 4.79 Å². The minimum absolute atomic E-state index is 0.0805. The molecule has 0 bridgehead atoms. The highest BCUT2D eigenvalue weighted by atomic mass is 127. The molecule has 1 aliphatic heterocycles. The minimum Gasteiger partial charge on any atom is -0.491 e. The molecule has 0 spiro atoms. The van der Waals surface area contributed by atoms with Gasteiger partial charge in [0.1, 0.15) is 47.2 Å². The second-order valence-electron chi connectivity index (χ2n) is 9.86. The number of halogens is 3. The van der Waals surface area contributed by atoms with Gasteiger partial charge in [0.05, 0.1) is 11.6 Å². The molecular formula is C30H27Cl2IN4O5. The maximum absolute atomic E-state index is 13.9. The molecule has 9 nitrogen and oxygen atoms in total. The molecule has 1 fully saturated rings. The number of H-pyrrole nitrogens is 1. The summed E-state index contributed by atoms with van der Waals surface area (Å²) in [4.78, 5) is 36.5. The van der Waals surface area contributed by atoms with Gasteiger partial charge in [-0.15, -0.1) is 0 Å². The molecule has 4 aromatic rings. The van der Waals surface area contributed by atoms with Gasteiger partial charge in [0, 0.05) is 15.1 Å². The number of urea groups is 1. The summed E-state index contributed by atoms with van der Waals surface area (Å²) < 4.78 is 6.41. The molecule has 5 rings (SSSR count). The molecule has 0 aliphatic carbocycles. The number of carbonyl (C=O) groups is 2. The number of nitrogens with zero attached hydrogens (tertiary/aromatic N) is 2. The third-order valence-corrected chi connectivity index (χ3v) is 8.32. The summed E-state index contributed by atoms with van der Waals surface area (Å²) >= 11 is 15.3. The summed E-state index contributed by atoms with van der Waals surface area (Å²) in [7, 11) is 0. The second-order valence-corrected chi connectivity index (χ2v) is 11.9. The Morgan fingerprint density at radius 3 is 2.45 bits per heavy atom. The molecule has 42 heavy (non-hydrogen) atoms. The lowest BCUT2D eigenvalue weighted by molar-refractivity contribution is -0.129. The zero-order valence-corrected chi connectivity index (χ0v) is 26.0. The van der Waals surface area contributed by atoms with Crippen molar-refractivity contribution in [2.24, 2.45) is 0 Å². The van der Waals surface area contributed by atoms with Crippen molar-refractivity contribution in [1.82, 2.24) is 20.2 Å². The third kappa shape index (κ3) is 6.28. The Kier molecular flexibility index (Phi) is 9.38. The number of carbonyl (C=O) groups excluding carboxylic acids is 2. The van der Waals surface area contributed by atoms with Gasteiger partial charge in [0.2, 0.25) is 0 Å². The maximum Gasteiger partial charge on any atom is 0.325 e. The fraction of sp³-hybridized carbons (Fsp3) is 0.233. The average Bonchev–Trinajstić information content (AvgIpc) is 3.51. The van der Waals surface area contributed by atoms with Gasteiger partial charge < -0.3 is 25.3 Å². The Morgan fingerprint density at radius 2 is 1.79 bits per heavy atom. The van der Waals surface area contributed by atoms with Gasteiger partial charge in [-0.1, -0.05) is 78.7 Å². The number of imidazole rings is 1. The van der Waals surface area contributed by atoms with E-state index in [1.165, 1.54) is 4.90 Å². The molecule has 4 atom stereocenters. The van der Waals surface area contributed by atoms with Crippen molar-refractivity contribution >= 4 is 57.7 Å². The van der Waals surface area contributed by atoms with Gasteiger partial charge in [0.25, 0.3) is 5.91 Å². The molecule has 1 aliphatic rings. The Morgan fingerprint density at radius 1 is 1.07 bits per heavy atom. The molecule has 0 saturated carbocycles. The van der Waals surface area contributed by atoms with E-state index in [4.69, 9.17) is 38.0 Å². The summed E-state index contributed by atoms with van der Waals surface area (Å²) in [6, 6.07) is 19.4. The molecule has 2 heterocycles. The first-order valence-corrected chi connectivity index (χ1v) is 14.9. The van der Waals surface area contributed by atoms with E-state index in [9.17, 15) is 14.7 Å². The number of aromatic nitrogens is 2. The largest absolute Gasteiger partial charge is 0.491 e. The predicted octanol–water partition coefficient (Wildman–Crippen LogP) is 5.86. The van der Waals surface area contributed by atoms with E-state index >= 15 is 0 Å². The molecule has 0 unspecified atom stereocenters. The molecule has 12 heteroatoms. The molecule has 1 aromatic heterocycles. The average molecular weight is 721 g/mol. The van der Waals surface area contributed by atoms with Crippen LogP contribution in [0.2, 0.25) is 10.2 Å². The van der Waals surface area contributed by atoms with Crippen LogP contribution in [0.25, 0.3) is 11.3 Å². The van der Waals surface area contributed by atoms with Crippen molar-refractivity contribution in [1.29, 1.82) is 0 Å². The lowest BCUT2D eigenvalue weighted by atomic mass is 9.91. The number of rotatable bonds is 10. The first-order valence-electron chi connectivity index (χ1n) is 13.1. The summed E-state index contributed by atoms with van der Waals surface area (Å²) in [5.74, 6) is -0.00654. The van der Waals surface area contributed by atoms with Crippen LogP contribution in [0.15, 0.2) is 72.8 Å². The Bertz CT molecular complexity index is 1580. The monoisotopic (exact) mass is 720 g/mol. The summed E-state index contributed by atoms with van der Waals surface area (Å²) in [5.41, 5.74) is 2.50. The predicted molar refractivity (Wildman–Crippen MR) is 168 cm³/mol. The number of ether oxygens (including phenoxy) is 1. The number of nitrogens with one attached hydrogen (secondary N) is 2. The number of aliphatic hydroxyl groups excluding tert-OH is 2. The minimum atomic E-state index is -1.00. The Hall–Kier alpha value is -3.16. The fourth-order valence-electron chi connectivity index (χ4n) is 4.88. The van der Waals surface area contributed by atoms with Crippen molar-refractivity contribution in [2.75, 3.05) is 13.2 Å². The lowest BCUT2D eigenvalue weighted by Gasteiger charge is -2.29. The van der Waals surface area contributed by atoms with Crippen LogP contribution in [-0.4, -0.2) is 56.3 Å². The van der Waals surface area contributed by atoms with Crippen LogP contribution in [0.5, 0.6) is 5.75 Å². The van der Waals surface area contributed by atoms with E-state index in [0.29, 0.717) is 33.4 Å². The highest BCUT2D eigenvalue weighted by molar-refractivity contribution is 14.1. The van der Waals surface area contributed by atoms with Crippen molar-refractivity contribution in [3.63, 3.8) is 0 Å². The van der Waals surface area contributed by atoms with E-state index in [1.54, 1.807) is 30.3 Å². The van der Waals surface area contributed by atoms with E-state index in [0.717, 1.165) is 9.13 Å². The van der Waals surface area contributed by atoms with Crippen LogP contribution in [0, 0.1) is 3.57 Å². The number of benzene rings is 3. The van der Waals surface area contributed by atoms with Crippen molar-refractivity contribution < 1.29 is 24.5 Å². The number of amides is 3. The van der Waals surface area contributed by atoms with Crippen LogP contribution >= 0.6 is 45.8 Å². The zero-order chi connectivity index (χ0) is 30.0. The number of hydrogen-bond acceptors (Lipinski definition) is 6. The molecule has 1 saturated heterocycles. The van der Waals surface area contributed by atoms with Crippen LogP contribution in [0.3, 0.4) is 0 Å². The van der Waals surface area contributed by atoms with Gasteiger partial charge >= 0.3 is 6.03 Å². The Labute approximate surface area is 266 Å². The lowest BCUT2D eigenvalue weighted by Crippen LogP contribution is -2.38. The van der Waals surface area contributed by atoms with Gasteiger partial charge in [-0.25, -0.2) is 9.78 Å². The molecule has 0 radical (unpaired) electrons. The van der Waals surface area contributed by atoms with Gasteiger partial charge in [-0.2, -0.15) is 0 Å². The first-order chi connectivity index (χ1) is 20.2. The van der Waals surface area contributed by atoms with Gasteiger partial charge in [-0.05, 0) is 58.0 Å². The maximum atomic E-state index is 13.9. The molecular weight excluding hydrogens is 694 g/mol. The molecule has 218 valence electrons.